The summed E-state index contributed by atoms with van der Waals surface area (Å²) in [5.74, 6) is -0.650. The Kier molecular flexibility index (Phi) is 15.1. The van der Waals surface area contributed by atoms with Crippen LogP contribution in [0.5, 0.6) is 0 Å². The van der Waals surface area contributed by atoms with E-state index in [-0.39, 0.29) is 0 Å². The van der Waals surface area contributed by atoms with E-state index in [4.69, 9.17) is 18.4 Å². The number of aliphatic hydroxyl groups is 1. The summed E-state index contributed by atoms with van der Waals surface area (Å²) in [5.41, 5.74) is 4.66. The van der Waals surface area contributed by atoms with Gasteiger partial charge < -0.3 is 24.1 Å². The number of amides is 1. The molecular weight excluding hydrogens is 242 g/mol. The van der Waals surface area contributed by atoms with Gasteiger partial charge in [-0.05, 0) is 27.2 Å². The lowest BCUT2D eigenvalue weighted by atomic mass is 10.3. The van der Waals surface area contributed by atoms with Gasteiger partial charge in [-0.15, -0.1) is 0 Å². The maximum absolute atomic E-state index is 9.90. The topological polar surface area (TPSA) is 91.0 Å². The first-order chi connectivity index (χ1) is 8.03. The third-order valence-electron chi connectivity index (χ3n) is 1.62. The first kappa shape index (κ1) is 18.9. The maximum atomic E-state index is 9.90. The number of rotatable bonds is 8. The van der Waals surface area contributed by atoms with Crippen LogP contribution in [0.3, 0.4) is 0 Å². The van der Waals surface area contributed by atoms with E-state index in [9.17, 15) is 4.79 Å². The molecule has 0 bridgehead atoms. The summed E-state index contributed by atoms with van der Waals surface area (Å²) in [6.45, 7) is 9.55. The fourth-order valence-corrected chi connectivity index (χ4v) is 1.86. The van der Waals surface area contributed by atoms with Gasteiger partial charge >= 0.3 is 9.53 Å². The van der Waals surface area contributed by atoms with E-state index in [1.54, 1.807) is 6.92 Å². The molecule has 0 aromatic heterocycles. The summed E-state index contributed by atoms with van der Waals surface area (Å²) in [5, 5.41) is 8.46. The van der Waals surface area contributed by atoms with E-state index in [2.05, 4.69) is 5.73 Å². The molecule has 0 aliphatic carbocycles. The molecule has 0 fully saturated rings. The Labute approximate surface area is 105 Å². The molecule has 1 unspecified atom stereocenters. The van der Waals surface area contributed by atoms with Crippen molar-refractivity contribution in [3.8, 4) is 0 Å². The second-order valence-electron chi connectivity index (χ2n) is 2.98. The average Bonchev–Trinajstić information content (AvgIpc) is 2.30. The average molecular weight is 267 g/mol. The molecule has 0 radical (unpaired) electrons. The van der Waals surface area contributed by atoms with Crippen LogP contribution in [0.1, 0.15) is 34.1 Å². The first-order valence-electron chi connectivity index (χ1n) is 5.85. The highest BCUT2D eigenvalue weighted by Crippen LogP contribution is 1.91. The molecular formula is C10H25NO5Si. The molecule has 3 N–H and O–H groups in total. The second-order valence-corrected chi connectivity index (χ2v) is 4.56. The largest absolute Gasteiger partial charge is 0.484 e. The zero-order valence-electron chi connectivity index (χ0n) is 11.1. The van der Waals surface area contributed by atoms with Crippen LogP contribution < -0.4 is 5.73 Å². The Morgan fingerprint density at radius 3 is 1.59 bits per heavy atom. The van der Waals surface area contributed by atoms with Gasteiger partial charge in [-0.25, -0.2) is 0 Å². The number of nitrogens with two attached hydrogens (primary N) is 1. The minimum atomic E-state index is -1.73. The van der Waals surface area contributed by atoms with Gasteiger partial charge in [-0.2, -0.15) is 0 Å². The molecule has 6 nitrogen and oxygen atoms in total. The summed E-state index contributed by atoms with van der Waals surface area (Å²) in [6.07, 6.45) is -0.560. The van der Waals surface area contributed by atoms with E-state index in [1.807, 2.05) is 20.8 Å². The minimum absolute atomic E-state index is 0.398. The Morgan fingerprint density at radius 1 is 1.12 bits per heavy atom. The summed E-state index contributed by atoms with van der Waals surface area (Å²) in [6, 6.07) is 0. The molecule has 0 saturated carbocycles. The van der Waals surface area contributed by atoms with Gasteiger partial charge in [-0.1, -0.05) is 6.92 Å². The van der Waals surface area contributed by atoms with Crippen LogP contribution in [0.15, 0.2) is 0 Å². The number of carbonyl (C=O) groups excluding carboxylic acids is 1. The quantitative estimate of drug-likeness (QED) is 0.607. The molecule has 17 heavy (non-hydrogen) atoms. The SMILES string of the molecule is CCC(O)C(N)=O.CCO[SiH](OCC)OCC. The van der Waals surface area contributed by atoms with Crippen LogP contribution in [-0.4, -0.2) is 46.5 Å². The first-order valence-corrected chi connectivity index (χ1v) is 7.26. The Bertz CT molecular complexity index is 168. The van der Waals surface area contributed by atoms with Crippen LogP contribution >= 0.6 is 0 Å². The molecule has 0 saturated heterocycles. The van der Waals surface area contributed by atoms with Crippen LogP contribution in [0.2, 0.25) is 0 Å². The minimum Gasteiger partial charge on any atom is -0.383 e. The second kappa shape index (κ2) is 13.6. The number of hydrogen-bond donors (Lipinski definition) is 2. The molecule has 0 aliphatic heterocycles. The summed E-state index contributed by atoms with van der Waals surface area (Å²) >= 11 is 0. The highest BCUT2D eigenvalue weighted by Gasteiger charge is 2.11. The Morgan fingerprint density at radius 2 is 1.47 bits per heavy atom. The van der Waals surface area contributed by atoms with E-state index in [0.717, 1.165) is 0 Å². The predicted octanol–water partition coefficient (Wildman–Crippen LogP) is 0.0557. The molecule has 0 aromatic rings. The Balaban J connectivity index is 0. The summed E-state index contributed by atoms with van der Waals surface area (Å²) in [4.78, 5) is 9.90. The van der Waals surface area contributed by atoms with Gasteiger partial charge in [0.2, 0.25) is 5.91 Å². The smallest absolute Gasteiger partial charge is 0.383 e. The number of aliphatic hydroxyl groups excluding tert-OH is 1. The van der Waals surface area contributed by atoms with Crippen molar-refractivity contribution in [2.24, 2.45) is 5.73 Å². The third-order valence-corrected chi connectivity index (χ3v) is 3.44. The molecule has 104 valence electrons. The van der Waals surface area contributed by atoms with E-state index in [0.29, 0.717) is 26.2 Å². The molecule has 0 heterocycles. The third kappa shape index (κ3) is 13.5. The predicted molar refractivity (Wildman–Crippen MR) is 67.5 cm³/mol. The van der Waals surface area contributed by atoms with Crippen molar-refractivity contribution in [2.45, 2.75) is 40.2 Å². The monoisotopic (exact) mass is 267 g/mol. The lowest BCUT2D eigenvalue weighted by Gasteiger charge is -2.12. The normalized spacial score (nSPS) is 11.9. The van der Waals surface area contributed by atoms with Crippen LogP contribution in [-0.2, 0) is 18.1 Å². The molecule has 1 amide bonds. The van der Waals surface area contributed by atoms with Gasteiger partial charge in [0.15, 0.2) is 0 Å². The van der Waals surface area contributed by atoms with Crippen molar-refractivity contribution >= 4 is 15.4 Å². The standard InChI is InChI=1S/C6H16O3Si.C4H9NO2/c1-4-7-10(8-5-2)9-6-3;1-2-3(6)4(5)7/h10H,4-6H2,1-3H3;3,6H,2H2,1H3,(H2,5,7). The summed E-state index contributed by atoms with van der Waals surface area (Å²) < 4.78 is 15.7. The molecule has 7 heteroatoms. The highest BCUT2D eigenvalue weighted by atomic mass is 28.3. The van der Waals surface area contributed by atoms with E-state index in [1.165, 1.54) is 0 Å². The molecule has 0 spiro atoms. The lowest BCUT2D eigenvalue weighted by Crippen LogP contribution is -2.27. The van der Waals surface area contributed by atoms with Crippen LogP contribution in [0, 0.1) is 0 Å². The van der Waals surface area contributed by atoms with E-state index < -0.39 is 21.5 Å². The fourth-order valence-electron chi connectivity index (χ4n) is 0.754. The van der Waals surface area contributed by atoms with Gasteiger partial charge in [0.1, 0.15) is 6.10 Å². The molecule has 0 rings (SSSR count). The van der Waals surface area contributed by atoms with Gasteiger partial charge in [0.05, 0.1) is 0 Å². The van der Waals surface area contributed by atoms with Crippen molar-refractivity contribution in [1.29, 1.82) is 0 Å². The Hall–Kier alpha value is -0.473. The van der Waals surface area contributed by atoms with Gasteiger partial charge in [0, 0.05) is 19.8 Å². The molecule has 1 atom stereocenters. The zero-order valence-corrected chi connectivity index (χ0v) is 12.3. The number of carbonyl (C=O) groups is 1. The van der Waals surface area contributed by atoms with Crippen LogP contribution in [0.25, 0.3) is 0 Å². The maximum Gasteiger partial charge on any atom is 0.484 e. The van der Waals surface area contributed by atoms with Crippen molar-refractivity contribution < 1.29 is 23.2 Å². The highest BCUT2D eigenvalue weighted by molar-refractivity contribution is 6.36. The zero-order chi connectivity index (χ0) is 13.7. The van der Waals surface area contributed by atoms with E-state index >= 15 is 0 Å². The van der Waals surface area contributed by atoms with Crippen LogP contribution in [0.4, 0.5) is 0 Å². The van der Waals surface area contributed by atoms with Crippen molar-refractivity contribution in [1.82, 2.24) is 0 Å². The van der Waals surface area contributed by atoms with Gasteiger partial charge in [0.25, 0.3) is 0 Å². The lowest BCUT2D eigenvalue weighted by molar-refractivity contribution is -0.126. The van der Waals surface area contributed by atoms with Crippen molar-refractivity contribution in [2.75, 3.05) is 19.8 Å². The summed E-state index contributed by atoms with van der Waals surface area (Å²) in [7, 11) is -1.73. The number of primary amides is 1. The number of hydrogen-bond acceptors (Lipinski definition) is 5. The van der Waals surface area contributed by atoms with Gasteiger partial charge in [-0.3, -0.25) is 4.79 Å². The fraction of sp³-hybridized carbons (Fsp3) is 0.900. The molecule has 0 aromatic carbocycles. The van der Waals surface area contributed by atoms with Crippen molar-refractivity contribution in [3.05, 3.63) is 0 Å². The van der Waals surface area contributed by atoms with Crippen molar-refractivity contribution in [3.63, 3.8) is 0 Å². The molecule has 0 aliphatic rings.